The van der Waals surface area contributed by atoms with Crippen molar-refractivity contribution in [2.24, 2.45) is 0 Å². The van der Waals surface area contributed by atoms with Gasteiger partial charge >= 0.3 is 0 Å². The van der Waals surface area contributed by atoms with Gasteiger partial charge in [-0.15, -0.1) is 0 Å². The first-order valence-electron chi connectivity index (χ1n) is 5.96. The van der Waals surface area contributed by atoms with E-state index >= 15 is 0 Å². The second-order valence-electron chi connectivity index (χ2n) is 5.79. The predicted molar refractivity (Wildman–Crippen MR) is 74.1 cm³/mol. The Balaban J connectivity index is 3.65. The van der Waals surface area contributed by atoms with Gasteiger partial charge in [-0.05, 0) is 19.9 Å². The van der Waals surface area contributed by atoms with E-state index in [4.69, 9.17) is 4.74 Å². The molecule has 0 bridgehead atoms. The SMILES string of the molecule is C=C(NC(C)C)N(C)COCC[Si](C)(C)C. The van der Waals surface area contributed by atoms with Crippen LogP contribution >= 0.6 is 0 Å². The minimum atomic E-state index is -0.964. The molecule has 0 aromatic heterocycles. The Kier molecular flexibility index (Phi) is 6.75. The van der Waals surface area contributed by atoms with Crippen molar-refractivity contribution >= 4 is 8.07 Å². The summed E-state index contributed by atoms with van der Waals surface area (Å²) in [6.07, 6.45) is 0. The zero-order valence-electron chi connectivity index (χ0n) is 11.8. The van der Waals surface area contributed by atoms with E-state index in [0.717, 1.165) is 12.4 Å². The summed E-state index contributed by atoms with van der Waals surface area (Å²) in [6, 6.07) is 1.63. The van der Waals surface area contributed by atoms with Gasteiger partial charge in [-0.1, -0.05) is 26.2 Å². The summed E-state index contributed by atoms with van der Waals surface area (Å²) < 4.78 is 5.63. The van der Waals surface area contributed by atoms with Gasteiger partial charge in [-0.25, -0.2) is 0 Å². The molecule has 0 spiro atoms. The van der Waals surface area contributed by atoms with Crippen molar-refractivity contribution in [3.05, 3.63) is 12.4 Å². The van der Waals surface area contributed by atoms with Crippen molar-refractivity contribution < 1.29 is 4.74 Å². The Labute approximate surface area is 102 Å². The molecule has 0 fully saturated rings. The molecule has 0 aromatic carbocycles. The lowest BCUT2D eigenvalue weighted by molar-refractivity contribution is 0.0641. The molecule has 0 saturated carbocycles. The van der Waals surface area contributed by atoms with Crippen molar-refractivity contribution in [2.45, 2.75) is 45.6 Å². The summed E-state index contributed by atoms with van der Waals surface area (Å²) in [4.78, 5) is 2.00. The second-order valence-corrected chi connectivity index (χ2v) is 11.4. The molecule has 0 heterocycles. The number of hydrogen-bond donors (Lipinski definition) is 1. The fraction of sp³-hybridized carbons (Fsp3) is 0.833. The van der Waals surface area contributed by atoms with E-state index in [1.165, 1.54) is 6.04 Å². The Bertz CT molecular complexity index is 212. The molecular weight excluding hydrogens is 216 g/mol. The van der Waals surface area contributed by atoms with E-state index in [2.05, 4.69) is 45.4 Å². The summed E-state index contributed by atoms with van der Waals surface area (Å²) in [6.45, 7) is 16.7. The number of nitrogens with one attached hydrogen (secondary N) is 1. The minimum absolute atomic E-state index is 0.414. The van der Waals surface area contributed by atoms with Gasteiger partial charge in [0, 0.05) is 27.8 Å². The van der Waals surface area contributed by atoms with E-state index in [1.807, 2.05) is 11.9 Å². The van der Waals surface area contributed by atoms with E-state index in [1.54, 1.807) is 0 Å². The van der Waals surface area contributed by atoms with E-state index in [0.29, 0.717) is 12.8 Å². The molecule has 0 amide bonds. The summed E-state index contributed by atoms with van der Waals surface area (Å²) in [5, 5.41) is 3.26. The van der Waals surface area contributed by atoms with Crippen LogP contribution in [0.5, 0.6) is 0 Å². The first kappa shape index (κ1) is 15.5. The second kappa shape index (κ2) is 6.96. The molecule has 3 nitrogen and oxygen atoms in total. The van der Waals surface area contributed by atoms with Crippen molar-refractivity contribution in [1.29, 1.82) is 0 Å². The van der Waals surface area contributed by atoms with Crippen LogP contribution in [0.1, 0.15) is 13.8 Å². The third-order valence-corrected chi connectivity index (χ3v) is 3.90. The molecular formula is C12H28N2OSi. The minimum Gasteiger partial charge on any atom is -0.370 e. The monoisotopic (exact) mass is 244 g/mol. The highest BCUT2D eigenvalue weighted by Gasteiger charge is 2.12. The summed E-state index contributed by atoms with van der Waals surface area (Å²) in [5.41, 5.74) is 0. The summed E-state index contributed by atoms with van der Waals surface area (Å²) in [5.74, 6) is 0.919. The third kappa shape index (κ3) is 8.80. The molecule has 16 heavy (non-hydrogen) atoms. The highest BCUT2D eigenvalue weighted by atomic mass is 28.3. The number of ether oxygens (including phenoxy) is 1. The molecule has 0 rings (SSSR count). The van der Waals surface area contributed by atoms with Gasteiger partial charge in [0.25, 0.3) is 0 Å². The lowest BCUT2D eigenvalue weighted by Gasteiger charge is -2.25. The first-order chi connectivity index (χ1) is 7.22. The normalized spacial score (nSPS) is 11.7. The quantitative estimate of drug-likeness (QED) is 0.404. The van der Waals surface area contributed by atoms with Gasteiger partial charge in [0.15, 0.2) is 0 Å². The van der Waals surface area contributed by atoms with Gasteiger partial charge in [0.2, 0.25) is 0 Å². The Hall–Kier alpha value is -0.483. The Morgan fingerprint density at radius 2 is 1.94 bits per heavy atom. The zero-order valence-corrected chi connectivity index (χ0v) is 12.8. The fourth-order valence-corrected chi connectivity index (χ4v) is 1.86. The van der Waals surface area contributed by atoms with Crippen LogP contribution in [0.4, 0.5) is 0 Å². The molecule has 0 atom stereocenters. The third-order valence-electron chi connectivity index (χ3n) is 2.20. The van der Waals surface area contributed by atoms with E-state index in [-0.39, 0.29) is 0 Å². The zero-order chi connectivity index (χ0) is 12.8. The van der Waals surface area contributed by atoms with Gasteiger partial charge in [-0.3, -0.25) is 0 Å². The average Bonchev–Trinajstić information content (AvgIpc) is 2.09. The predicted octanol–water partition coefficient (Wildman–Crippen LogP) is 2.70. The maximum absolute atomic E-state index is 5.63. The topological polar surface area (TPSA) is 24.5 Å². The average molecular weight is 244 g/mol. The van der Waals surface area contributed by atoms with Crippen molar-refractivity contribution in [2.75, 3.05) is 20.4 Å². The largest absolute Gasteiger partial charge is 0.370 e. The molecule has 96 valence electrons. The maximum atomic E-state index is 5.63. The standard InChI is InChI=1S/C12H28N2OSi/c1-11(2)13-12(3)14(4)10-15-8-9-16(5,6)7/h11,13H,3,8-10H2,1-2,4-7H3. The molecule has 0 aromatic rings. The first-order valence-corrected chi connectivity index (χ1v) is 9.67. The lowest BCUT2D eigenvalue weighted by Crippen LogP contribution is -2.34. The molecule has 0 unspecified atom stereocenters. The van der Waals surface area contributed by atoms with Crippen molar-refractivity contribution in [3.63, 3.8) is 0 Å². The fourth-order valence-electron chi connectivity index (χ4n) is 1.10. The van der Waals surface area contributed by atoms with Crippen LogP contribution in [-0.2, 0) is 4.74 Å². The van der Waals surface area contributed by atoms with E-state index < -0.39 is 8.07 Å². The van der Waals surface area contributed by atoms with Crippen LogP contribution in [-0.4, -0.2) is 39.4 Å². The summed E-state index contributed by atoms with van der Waals surface area (Å²) >= 11 is 0. The van der Waals surface area contributed by atoms with Crippen molar-refractivity contribution in [1.82, 2.24) is 10.2 Å². The van der Waals surface area contributed by atoms with E-state index in [9.17, 15) is 0 Å². The molecule has 0 aliphatic heterocycles. The molecule has 0 aliphatic rings. The van der Waals surface area contributed by atoms with Crippen LogP contribution < -0.4 is 5.32 Å². The number of nitrogens with zero attached hydrogens (tertiary/aromatic N) is 1. The molecule has 1 N–H and O–H groups in total. The lowest BCUT2D eigenvalue weighted by atomic mass is 10.4. The van der Waals surface area contributed by atoms with Crippen LogP contribution in [0.3, 0.4) is 0 Å². The van der Waals surface area contributed by atoms with Gasteiger partial charge in [0.05, 0.1) is 5.82 Å². The van der Waals surface area contributed by atoms with Crippen LogP contribution in [0, 0.1) is 0 Å². The summed E-state index contributed by atoms with van der Waals surface area (Å²) in [7, 11) is 1.03. The van der Waals surface area contributed by atoms with Gasteiger partial charge < -0.3 is 15.0 Å². The maximum Gasteiger partial charge on any atom is 0.119 e. The van der Waals surface area contributed by atoms with Crippen LogP contribution in [0.25, 0.3) is 0 Å². The Morgan fingerprint density at radius 1 is 1.38 bits per heavy atom. The van der Waals surface area contributed by atoms with Crippen LogP contribution in [0.15, 0.2) is 12.4 Å². The van der Waals surface area contributed by atoms with Gasteiger partial charge in [-0.2, -0.15) is 0 Å². The van der Waals surface area contributed by atoms with Gasteiger partial charge in [0.1, 0.15) is 6.73 Å². The smallest absolute Gasteiger partial charge is 0.119 e. The van der Waals surface area contributed by atoms with Crippen LogP contribution in [0.2, 0.25) is 25.7 Å². The number of rotatable bonds is 8. The Morgan fingerprint density at radius 3 is 2.38 bits per heavy atom. The highest BCUT2D eigenvalue weighted by molar-refractivity contribution is 6.76. The van der Waals surface area contributed by atoms with Crippen molar-refractivity contribution in [3.8, 4) is 0 Å². The molecule has 4 heteroatoms. The molecule has 0 saturated heterocycles. The molecule has 0 aliphatic carbocycles. The molecule has 0 radical (unpaired) electrons. The number of hydrogen-bond acceptors (Lipinski definition) is 3. The highest BCUT2D eigenvalue weighted by Crippen LogP contribution is 2.07.